The Morgan fingerprint density at radius 3 is 1.91 bits per heavy atom. The van der Waals surface area contributed by atoms with Crippen molar-refractivity contribution in [3.05, 3.63) is 64.2 Å². The summed E-state index contributed by atoms with van der Waals surface area (Å²) >= 11 is 0. The number of hydrogen-bond donors (Lipinski definition) is 1. The summed E-state index contributed by atoms with van der Waals surface area (Å²) in [5, 5.41) is 8.58. The van der Waals surface area contributed by atoms with E-state index in [1.807, 2.05) is 5.92 Å². The first-order valence-electron chi connectivity index (χ1n) is 6.12. The zero-order valence-corrected chi connectivity index (χ0v) is 11.6. The first-order chi connectivity index (χ1) is 10.9. The van der Waals surface area contributed by atoms with Gasteiger partial charge in [-0.05, 0) is 24.3 Å². The van der Waals surface area contributed by atoms with Crippen LogP contribution >= 0.6 is 0 Å². The average Bonchev–Trinajstić information content (AvgIpc) is 2.53. The van der Waals surface area contributed by atoms with E-state index in [1.54, 1.807) is 0 Å². The molecular formula is C16H8F4O3. The Hall–Kier alpha value is -3.01. The van der Waals surface area contributed by atoms with Gasteiger partial charge in [-0.25, -0.2) is 22.4 Å². The van der Waals surface area contributed by atoms with Crippen molar-refractivity contribution in [1.82, 2.24) is 0 Å². The summed E-state index contributed by atoms with van der Waals surface area (Å²) in [4.78, 5) is 10.6. The Bertz CT molecular complexity index is 804. The largest absolute Gasteiger partial charge is 0.497 e. The highest BCUT2D eigenvalue weighted by Gasteiger charge is 2.28. The van der Waals surface area contributed by atoms with Crippen LogP contribution in [0.15, 0.2) is 24.3 Å². The highest BCUT2D eigenvalue weighted by molar-refractivity contribution is 5.88. The molecule has 1 N–H and O–H groups in total. The number of benzene rings is 2. The zero-order valence-electron chi connectivity index (χ0n) is 11.6. The van der Waals surface area contributed by atoms with Gasteiger partial charge in [0.05, 0.1) is 7.11 Å². The van der Waals surface area contributed by atoms with Crippen LogP contribution in [-0.4, -0.2) is 18.2 Å². The fourth-order valence-corrected chi connectivity index (χ4v) is 1.74. The second-order valence-electron chi connectivity index (χ2n) is 4.29. The Morgan fingerprint density at radius 2 is 1.48 bits per heavy atom. The van der Waals surface area contributed by atoms with Gasteiger partial charge in [0.15, 0.2) is 23.3 Å². The van der Waals surface area contributed by atoms with Gasteiger partial charge in [-0.1, -0.05) is 11.8 Å². The van der Waals surface area contributed by atoms with Crippen LogP contribution in [0.2, 0.25) is 0 Å². The predicted octanol–water partition coefficient (Wildman–Crippen LogP) is 3.35. The van der Waals surface area contributed by atoms with Gasteiger partial charge in [-0.15, -0.1) is 0 Å². The molecule has 3 nitrogen and oxygen atoms in total. The molecule has 0 unspecified atom stereocenters. The molecule has 2 rings (SSSR count). The highest BCUT2D eigenvalue weighted by atomic mass is 19.2. The molecule has 118 valence electrons. The van der Waals surface area contributed by atoms with Crippen LogP contribution in [0.1, 0.15) is 21.5 Å². The molecule has 0 amide bonds. The third-order valence-electron chi connectivity index (χ3n) is 2.90. The van der Waals surface area contributed by atoms with Crippen molar-refractivity contribution >= 4 is 5.97 Å². The summed E-state index contributed by atoms with van der Waals surface area (Å²) < 4.78 is 59.4. The fourth-order valence-electron chi connectivity index (χ4n) is 1.74. The maximum atomic E-state index is 13.7. The molecule has 0 bridgehead atoms. The molecule has 0 heterocycles. The number of aromatic carboxylic acids is 1. The summed E-state index contributed by atoms with van der Waals surface area (Å²) in [6.45, 7) is 0. The third-order valence-corrected chi connectivity index (χ3v) is 2.90. The number of halogens is 4. The summed E-state index contributed by atoms with van der Waals surface area (Å²) in [6.07, 6.45) is 0. The van der Waals surface area contributed by atoms with Crippen molar-refractivity contribution in [1.29, 1.82) is 0 Å². The van der Waals surface area contributed by atoms with E-state index in [1.165, 1.54) is 31.4 Å². The van der Waals surface area contributed by atoms with Crippen LogP contribution in [0.25, 0.3) is 0 Å². The van der Waals surface area contributed by atoms with Gasteiger partial charge in [0.25, 0.3) is 0 Å². The van der Waals surface area contributed by atoms with Crippen LogP contribution in [0, 0.1) is 35.1 Å². The molecule has 0 aliphatic heterocycles. The average molecular weight is 324 g/mol. The second kappa shape index (κ2) is 6.40. The van der Waals surface area contributed by atoms with Crippen molar-refractivity contribution in [2.45, 2.75) is 0 Å². The van der Waals surface area contributed by atoms with Crippen molar-refractivity contribution in [2.75, 3.05) is 7.11 Å². The normalized spacial score (nSPS) is 9.96. The molecule has 0 aliphatic rings. The van der Waals surface area contributed by atoms with E-state index < -0.39 is 40.4 Å². The third kappa shape index (κ3) is 3.11. The maximum Gasteiger partial charge on any atom is 0.341 e. The van der Waals surface area contributed by atoms with Crippen LogP contribution in [0.3, 0.4) is 0 Å². The smallest absolute Gasteiger partial charge is 0.341 e. The molecule has 0 aromatic heterocycles. The number of methoxy groups -OCH3 is 1. The molecule has 0 atom stereocenters. The Kier molecular flexibility index (Phi) is 4.55. The number of hydrogen-bond acceptors (Lipinski definition) is 2. The van der Waals surface area contributed by atoms with Gasteiger partial charge in [0.1, 0.15) is 16.9 Å². The van der Waals surface area contributed by atoms with Gasteiger partial charge in [-0.2, -0.15) is 0 Å². The van der Waals surface area contributed by atoms with E-state index in [-0.39, 0.29) is 0 Å². The van der Waals surface area contributed by atoms with Crippen LogP contribution in [0.5, 0.6) is 5.75 Å². The lowest BCUT2D eigenvalue weighted by Gasteiger charge is -2.05. The second-order valence-corrected chi connectivity index (χ2v) is 4.29. The molecular weight excluding hydrogens is 316 g/mol. The topological polar surface area (TPSA) is 46.5 Å². The molecule has 0 spiro atoms. The number of carboxylic acids is 1. The molecule has 0 radical (unpaired) electrons. The molecule has 0 aliphatic carbocycles. The lowest BCUT2D eigenvalue weighted by Crippen LogP contribution is -2.11. The molecule has 0 fully saturated rings. The molecule has 2 aromatic rings. The predicted molar refractivity (Wildman–Crippen MR) is 72.2 cm³/mol. The van der Waals surface area contributed by atoms with Crippen molar-refractivity contribution in [3.8, 4) is 17.6 Å². The lowest BCUT2D eigenvalue weighted by atomic mass is 10.1. The Morgan fingerprint density at radius 1 is 0.957 bits per heavy atom. The molecule has 2 aromatic carbocycles. The molecule has 7 heteroatoms. The minimum atomic E-state index is -2.12. The Balaban J connectivity index is 2.53. The van der Waals surface area contributed by atoms with Crippen LogP contribution in [-0.2, 0) is 0 Å². The standard InChI is InChI=1S/C16H8F4O3/c1-23-9-5-2-8(3-6-9)4-7-10-12(17)14(19)11(16(21)22)15(20)13(10)18/h2-3,5-6H,1H3,(H,21,22). The lowest BCUT2D eigenvalue weighted by molar-refractivity contribution is 0.0683. The summed E-state index contributed by atoms with van der Waals surface area (Å²) in [7, 11) is 1.45. The fraction of sp³-hybridized carbons (Fsp3) is 0.0625. The quantitative estimate of drug-likeness (QED) is 0.523. The van der Waals surface area contributed by atoms with Gasteiger partial charge < -0.3 is 9.84 Å². The van der Waals surface area contributed by atoms with Crippen LogP contribution in [0.4, 0.5) is 17.6 Å². The number of rotatable bonds is 2. The summed E-state index contributed by atoms with van der Waals surface area (Å²) in [5.74, 6) is -5.02. The monoisotopic (exact) mass is 324 g/mol. The molecule has 0 saturated carbocycles. The van der Waals surface area contributed by atoms with E-state index in [9.17, 15) is 22.4 Å². The van der Waals surface area contributed by atoms with E-state index in [4.69, 9.17) is 9.84 Å². The van der Waals surface area contributed by atoms with E-state index in [0.29, 0.717) is 11.3 Å². The minimum Gasteiger partial charge on any atom is -0.497 e. The van der Waals surface area contributed by atoms with E-state index >= 15 is 0 Å². The Labute approximate surface area is 128 Å². The number of carbonyl (C=O) groups is 1. The SMILES string of the molecule is COc1ccc(C#Cc2c(F)c(F)c(C(=O)O)c(F)c2F)cc1. The number of carboxylic acid groups (broad SMARTS) is 1. The minimum absolute atomic E-state index is 0.313. The summed E-state index contributed by atoms with van der Waals surface area (Å²) in [6, 6.07) is 6.01. The van der Waals surface area contributed by atoms with Crippen molar-refractivity contribution in [2.24, 2.45) is 0 Å². The van der Waals surface area contributed by atoms with Gasteiger partial charge >= 0.3 is 5.97 Å². The highest BCUT2D eigenvalue weighted by Crippen LogP contribution is 2.23. The van der Waals surface area contributed by atoms with E-state index in [0.717, 1.165) is 0 Å². The number of ether oxygens (including phenoxy) is 1. The van der Waals surface area contributed by atoms with Gasteiger partial charge in [0.2, 0.25) is 0 Å². The molecule has 23 heavy (non-hydrogen) atoms. The molecule has 0 saturated heterocycles. The maximum absolute atomic E-state index is 13.7. The van der Waals surface area contributed by atoms with Crippen molar-refractivity contribution in [3.63, 3.8) is 0 Å². The van der Waals surface area contributed by atoms with Gasteiger partial charge in [-0.3, -0.25) is 0 Å². The summed E-state index contributed by atoms with van der Waals surface area (Å²) in [5.41, 5.74) is -2.57. The van der Waals surface area contributed by atoms with Crippen LogP contribution < -0.4 is 4.74 Å². The van der Waals surface area contributed by atoms with Gasteiger partial charge in [0, 0.05) is 5.56 Å². The van der Waals surface area contributed by atoms with Crippen molar-refractivity contribution < 1.29 is 32.2 Å². The first kappa shape index (κ1) is 16.4. The first-order valence-corrected chi connectivity index (χ1v) is 6.12. The zero-order chi connectivity index (χ0) is 17.1. The van der Waals surface area contributed by atoms with E-state index in [2.05, 4.69) is 5.92 Å².